The summed E-state index contributed by atoms with van der Waals surface area (Å²) in [5, 5.41) is 0. The fourth-order valence-corrected chi connectivity index (χ4v) is 5.71. The van der Waals surface area contributed by atoms with Crippen molar-refractivity contribution in [3.8, 4) is 0 Å². The number of piperidine rings is 2. The van der Waals surface area contributed by atoms with E-state index >= 15 is 0 Å². The lowest BCUT2D eigenvalue weighted by Crippen LogP contribution is -2.49. The van der Waals surface area contributed by atoms with Gasteiger partial charge in [0.25, 0.3) is 0 Å². The monoisotopic (exact) mass is 413 g/mol. The Hall–Kier alpha value is -0.940. The summed E-state index contributed by atoms with van der Waals surface area (Å²) in [6.07, 6.45) is 8.38. The summed E-state index contributed by atoms with van der Waals surface area (Å²) in [5.41, 5.74) is 2.93. The lowest BCUT2D eigenvalue weighted by Gasteiger charge is -2.42. The summed E-state index contributed by atoms with van der Waals surface area (Å²) in [4.78, 5) is 8.14. The topological polar surface area (TPSA) is 19.0 Å². The van der Waals surface area contributed by atoms with E-state index in [4.69, 9.17) is 4.74 Å². The highest BCUT2D eigenvalue weighted by Crippen LogP contribution is 2.26. The van der Waals surface area contributed by atoms with Gasteiger partial charge < -0.3 is 9.64 Å². The van der Waals surface area contributed by atoms with Gasteiger partial charge in [-0.15, -0.1) is 0 Å². The summed E-state index contributed by atoms with van der Waals surface area (Å²) in [5.74, 6) is 0.851. The van der Waals surface area contributed by atoms with Crippen LogP contribution in [-0.4, -0.2) is 79.3 Å². The summed E-state index contributed by atoms with van der Waals surface area (Å²) in [7, 11) is 0. The molecule has 0 radical (unpaired) electrons. The molecule has 0 amide bonds. The molecule has 0 N–H and O–H groups in total. The fourth-order valence-electron chi connectivity index (χ4n) is 5.71. The number of aryl methyl sites for hydroxylation is 1. The van der Waals surface area contributed by atoms with E-state index in [2.05, 4.69) is 52.8 Å². The van der Waals surface area contributed by atoms with Crippen LogP contribution < -0.4 is 0 Å². The molecule has 1 aromatic rings. The molecule has 4 nitrogen and oxygen atoms in total. The van der Waals surface area contributed by atoms with Crippen molar-refractivity contribution in [1.29, 1.82) is 0 Å². The molecule has 4 heteroatoms. The van der Waals surface area contributed by atoms with Crippen molar-refractivity contribution in [2.45, 2.75) is 71.1 Å². The molecule has 3 aliphatic rings. The largest absolute Gasteiger partial charge is 0.377 e. The highest BCUT2D eigenvalue weighted by molar-refractivity contribution is 5.25. The Bertz CT molecular complexity index is 629. The van der Waals surface area contributed by atoms with Crippen LogP contribution in [0.4, 0.5) is 0 Å². The second-order valence-electron chi connectivity index (χ2n) is 9.90. The van der Waals surface area contributed by atoms with E-state index in [1.807, 2.05) is 0 Å². The van der Waals surface area contributed by atoms with Gasteiger partial charge in [0, 0.05) is 32.3 Å². The van der Waals surface area contributed by atoms with Crippen LogP contribution in [0.5, 0.6) is 0 Å². The van der Waals surface area contributed by atoms with Gasteiger partial charge in [-0.3, -0.25) is 9.80 Å². The van der Waals surface area contributed by atoms with Crippen LogP contribution in [0.2, 0.25) is 0 Å². The second-order valence-corrected chi connectivity index (χ2v) is 9.90. The molecule has 1 atom stereocenters. The molecule has 30 heavy (non-hydrogen) atoms. The van der Waals surface area contributed by atoms with Crippen molar-refractivity contribution in [2.75, 3.05) is 52.4 Å². The highest BCUT2D eigenvalue weighted by Gasteiger charge is 2.30. The molecule has 0 spiro atoms. The molecule has 1 aromatic carbocycles. The van der Waals surface area contributed by atoms with Crippen molar-refractivity contribution in [3.63, 3.8) is 0 Å². The van der Waals surface area contributed by atoms with E-state index in [1.54, 1.807) is 0 Å². The minimum atomic E-state index is 0.482. The minimum Gasteiger partial charge on any atom is -0.377 e. The van der Waals surface area contributed by atoms with E-state index in [9.17, 15) is 0 Å². The van der Waals surface area contributed by atoms with Gasteiger partial charge in [-0.2, -0.15) is 0 Å². The maximum Gasteiger partial charge on any atom is 0.0702 e. The average Bonchev–Trinajstić information content (AvgIpc) is 3.29. The zero-order valence-corrected chi connectivity index (χ0v) is 19.4. The Morgan fingerprint density at radius 2 is 1.67 bits per heavy atom. The first kappa shape index (κ1) is 22.3. The van der Waals surface area contributed by atoms with Crippen molar-refractivity contribution in [1.82, 2.24) is 14.7 Å². The molecular formula is C26H43N3O. The van der Waals surface area contributed by atoms with Gasteiger partial charge >= 0.3 is 0 Å². The third-order valence-corrected chi connectivity index (χ3v) is 7.84. The van der Waals surface area contributed by atoms with Gasteiger partial charge in [-0.25, -0.2) is 0 Å². The maximum absolute atomic E-state index is 6.04. The molecule has 3 fully saturated rings. The molecule has 1 unspecified atom stereocenters. The van der Waals surface area contributed by atoms with Crippen LogP contribution in [-0.2, 0) is 11.3 Å². The molecule has 3 aliphatic heterocycles. The molecule has 3 heterocycles. The minimum absolute atomic E-state index is 0.482. The molecule has 0 aromatic heterocycles. The first-order chi connectivity index (χ1) is 14.7. The predicted molar refractivity (Wildman–Crippen MR) is 125 cm³/mol. The number of ether oxygens (including phenoxy) is 1. The van der Waals surface area contributed by atoms with E-state index in [-0.39, 0.29) is 0 Å². The first-order valence-electron chi connectivity index (χ1n) is 12.6. The van der Waals surface area contributed by atoms with Crippen LogP contribution in [0.15, 0.2) is 24.3 Å². The van der Waals surface area contributed by atoms with Crippen LogP contribution in [0.3, 0.4) is 0 Å². The van der Waals surface area contributed by atoms with Gasteiger partial charge in [0.2, 0.25) is 0 Å². The van der Waals surface area contributed by atoms with Gasteiger partial charge in [-0.05, 0) is 95.2 Å². The smallest absolute Gasteiger partial charge is 0.0702 e. The van der Waals surface area contributed by atoms with Crippen molar-refractivity contribution < 1.29 is 4.74 Å². The Morgan fingerprint density at radius 1 is 0.933 bits per heavy atom. The number of hydrogen-bond donors (Lipinski definition) is 0. The van der Waals surface area contributed by atoms with Crippen molar-refractivity contribution in [2.24, 2.45) is 5.92 Å². The van der Waals surface area contributed by atoms with Crippen LogP contribution >= 0.6 is 0 Å². The molecular weight excluding hydrogens is 370 g/mol. The summed E-state index contributed by atoms with van der Waals surface area (Å²) >= 11 is 0. The van der Waals surface area contributed by atoms with Crippen LogP contribution in [0, 0.1) is 12.8 Å². The number of rotatable bonds is 8. The zero-order valence-electron chi connectivity index (χ0n) is 19.4. The summed E-state index contributed by atoms with van der Waals surface area (Å²) in [6, 6.07) is 9.64. The number of likely N-dealkylation sites (tertiary alicyclic amines) is 2. The number of nitrogens with zero attached hydrogens (tertiary/aromatic N) is 3. The quantitative estimate of drug-likeness (QED) is 0.637. The van der Waals surface area contributed by atoms with Gasteiger partial charge in [0.1, 0.15) is 0 Å². The Balaban J connectivity index is 1.29. The maximum atomic E-state index is 6.04. The molecule has 0 bridgehead atoms. The Labute approximate surface area is 184 Å². The number of benzene rings is 1. The second kappa shape index (κ2) is 11.1. The van der Waals surface area contributed by atoms with Crippen LogP contribution in [0.25, 0.3) is 0 Å². The summed E-state index contributed by atoms with van der Waals surface area (Å²) in [6.45, 7) is 15.4. The Kier molecular flexibility index (Phi) is 8.22. The van der Waals surface area contributed by atoms with Gasteiger partial charge in [-0.1, -0.05) is 31.2 Å². The van der Waals surface area contributed by atoms with Crippen molar-refractivity contribution >= 4 is 0 Å². The van der Waals surface area contributed by atoms with E-state index in [0.717, 1.165) is 25.1 Å². The standard InChI is InChI=1S/C26H43N3O/c1-3-27-16-12-25(13-17-27)29(21-26-9-6-18-30-26)19-23-10-14-28(15-11-23)20-24-8-5-4-7-22(24)2/h4-5,7-8,23,25-26H,3,6,9-21H2,1-2H3. The molecule has 0 aliphatic carbocycles. The third-order valence-electron chi connectivity index (χ3n) is 7.84. The molecule has 3 saturated heterocycles. The third kappa shape index (κ3) is 6.06. The summed E-state index contributed by atoms with van der Waals surface area (Å²) < 4.78 is 6.04. The van der Waals surface area contributed by atoms with E-state index in [1.165, 1.54) is 95.5 Å². The number of hydrogen-bond acceptors (Lipinski definition) is 4. The lowest BCUT2D eigenvalue weighted by atomic mass is 9.93. The van der Waals surface area contributed by atoms with E-state index in [0.29, 0.717) is 6.10 Å². The lowest BCUT2D eigenvalue weighted by molar-refractivity contribution is 0.0242. The van der Waals surface area contributed by atoms with E-state index < -0.39 is 0 Å². The van der Waals surface area contributed by atoms with Crippen molar-refractivity contribution in [3.05, 3.63) is 35.4 Å². The van der Waals surface area contributed by atoms with Gasteiger partial charge in [0.15, 0.2) is 0 Å². The molecule has 168 valence electrons. The normalized spacial score (nSPS) is 25.4. The average molecular weight is 414 g/mol. The fraction of sp³-hybridized carbons (Fsp3) is 0.769. The molecule has 0 saturated carbocycles. The van der Waals surface area contributed by atoms with Crippen LogP contribution in [0.1, 0.15) is 56.6 Å². The molecule has 4 rings (SSSR count). The Morgan fingerprint density at radius 3 is 2.33 bits per heavy atom. The highest BCUT2D eigenvalue weighted by atomic mass is 16.5. The van der Waals surface area contributed by atoms with Gasteiger partial charge in [0.05, 0.1) is 6.10 Å². The SMILES string of the molecule is CCN1CCC(N(CC2CCN(Cc3ccccc3C)CC2)CC2CCCO2)CC1. The zero-order chi connectivity index (χ0) is 20.8. The first-order valence-corrected chi connectivity index (χ1v) is 12.6. The predicted octanol–water partition coefficient (Wildman–Crippen LogP) is 4.17.